The van der Waals surface area contributed by atoms with Crippen molar-refractivity contribution in [3.63, 3.8) is 0 Å². The Labute approximate surface area is 136 Å². The predicted molar refractivity (Wildman–Crippen MR) is 83.8 cm³/mol. The van der Waals surface area contributed by atoms with E-state index in [9.17, 15) is 9.59 Å². The Morgan fingerprint density at radius 2 is 1.91 bits per heavy atom. The summed E-state index contributed by atoms with van der Waals surface area (Å²) in [4.78, 5) is 27.6. The number of nitrogens with zero attached hydrogens (tertiary/aromatic N) is 2. The van der Waals surface area contributed by atoms with Crippen LogP contribution >= 0.6 is 0 Å². The second kappa shape index (κ2) is 6.89. The summed E-state index contributed by atoms with van der Waals surface area (Å²) < 4.78 is 10.5. The number of hydrogen-bond donors (Lipinski definition) is 0. The largest absolute Gasteiger partial charge is 0.450 e. The van der Waals surface area contributed by atoms with Crippen molar-refractivity contribution in [1.29, 1.82) is 0 Å². The molecule has 2 atom stereocenters. The van der Waals surface area contributed by atoms with Gasteiger partial charge in [-0.05, 0) is 18.9 Å². The van der Waals surface area contributed by atoms with Gasteiger partial charge in [0.2, 0.25) is 0 Å². The van der Waals surface area contributed by atoms with Crippen molar-refractivity contribution >= 4 is 12.2 Å². The number of carbonyl (C=O) groups excluding carboxylic acids is 2. The van der Waals surface area contributed by atoms with Crippen molar-refractivity contribution in [3.8, 4) is 0 Å². The van der Waals surface area contributed by atoms with Crippen LogP contribution in [0.25, 0.3) is 0 Å². The Morgan fingerprint density at radius 1 is 1.13 bits per heavy atom. The van der Waals surface area contributed by atoms with Crippen LogP contribution in [-0.2, 0) is 16.1 Å². The summed E-state index contributed by atoms with van der Waals surface area (Å²) in [7, 11) is 0. The lowest BCUT2D eigenvalue weighted by Gasteiger charge is -2.24. The third-order valence-corrected chi connectivity index (χ3v) is 4.51. The highest BCUT2D eigenvalue weighted by molar-refractivity contribution is 5.70. The van der Waals surface area contributed by atoms with Gasteiger partial charge in [0, 0.05) is 25.6 Å². The molecule has 3 rings (SSSR count). The van der Waals surface area contributed by atoms with Crippen LogP contribution in [0, 0.1) is 5.92 Å². The van der Waals surface area contributed by atoms with Crippen molar-refractivity contribution in [2.45, 2.75) is 26.0 Å². The van der Waals surface area contributed by atoms with Crippen LogP contribution < -0.4 is 0 Å². The van der Waals surface area contributed by atoms with E-state index in [0.29, 0.717) is 32.2 Å². The lowest BCUT2D eigenvalue weighted by atomic mass is 10.1. The first-order chi connectivity index (χ1) is 11.2. The number of likely N-dealkylation sites (tertiary alicyclic amines) is 2. The summed E-state index contributed by atoms with van der Waals surface area (Å²) in [6.45, 7) is 4.32. The third kappa shape index (κ3) is 3.41. The van der Waals surface area contributed by atoms with Gasteiger partial charge >= 0.3 is 12.2 Å². The second-order valence-corrected chi connectivity index (χ2v) is 5.95. The summed E-state index contributed by atoms with van der Waals surface area (Å²) in [6, 6.07) is 9.67. The fourth-order valence-corrected chi connectivity index (χ4v) is 3.35. The van der Waals surface area contributed by atoms with Gasteiger partial charge in [-0.25, -0.2) is 9.59 Å². The van der Waals surface area contributed by atoms with E-state index in [1.807, 2.05) is 30.3 Å². The summed E-state index contributed by atoms with van der Waals surface area (Å²) in [5.41, 5.74) is 0.969. The molecule has 0 unspecified atom stereocenters. The maximum atomic E-state index is 12.3. The van der Waals surface area contributed by atoms with E-state index in [1.54, 1.807) is 16.7 Å². The SMILES string of the molecule is CCOC(=O)N1C[C@H]2CCN(C(=O)OCc3ccccc3)[C@H]2C1. The minimum Gasteiger partial charge on any atom is -0.450 e. The summed E-state index contributed by atoms with van der Waals surface area (Å²) in [6.07, 6.45) is 0.313. The van der Waals surface area contributed by atoms with E-state index in [2.05, 4.69) is 0 Å². The van der Waals surface area contributed by atoms with Crippen LogP contribution in [0.2, 0.25) is 0 Å². The van der Waals surface area contributed by atoms with Crippen LogP contribution in [0.15, 0.2) is 30.3 Å². The molecule has 2 aliphatic rings. The molecule has 0 N–H and O–H groups in total. The first kappa shape index (κ1) is 15.6. The lowest BCUT2D eigenvalue weighted by Crippen LogP contribution is -2.41. The average molecular weight is 318 g/mol. The number of carbonyl (C=O) groups is 2. The molecule has 0 aromatic heterocycles. The average Bonchev–Trinajstić information content (AvgIpc) is 3.14. The Kier molecular flexibility index (Phi) is 4.69. The van der Waals surface area contributed by atoms with Crippen molar-refractivity contribution < 1.29 is 19.1 Å². The van der Waals surface area contributed by atoms with Gasteiger partial charge < -0.3 is 19.3 Å². The fourth-order valence-electron chi connectivity index (χ4n) is 3.35. The number of amides is 2. The molecule has 23 heavy (non-hydrogen) atoms. The molecule has 2 aliphatic heterocycles. The monoisotopic (exact) mass is 318 g/mol. The van der Waals surface area contributed by atoms with Crippen molar-refractivity contribution in [2.75, 3.05) is 26.2 Å². The van der Waals surface area contributed by atoms with Gasteiger partial charge in [-0.2, -0.15) is 0 Å². The maximum Gasteiger partial charge on any atom is 0.410 e. The molecule has 2 saturated heterocycles. The molecule has 6 nitrogen and oxygen atoms in total. The summed E-state index contributed by atoms with van der Waals surface area (Å²) in [5, 5.41) is 0. The lowest BCUT2D eigenvalue weighted by molar-refractivity contribution is 0.0860. The molecule has 6 heteroatoms. The van der Waals surface area contributed by atoms with E-state index < -0.39 is 0 Å². The summed E-state index contributed by atoms with van der Waals surface area (Å²) >= 11 is 0. The molecular weight excluding hydrogens is 296 g/mol. The molecule has 1 aromatic carbocycles. The minimum absolute atomic E-state index is 0.0441. The highest BCUT2D eigenvalue weighted by atomic mass is 16.6. The van der Waals surface area contributed by atoms with Crippen molar-refractivity contribution in [1.82, 2.24) is 9.80 Å². The van der Waals surface area contributed by atoms with Crippen LogP contribution in [0.3, 0.4) is 0 Å². The second-order valence-electron chi connectivity index (χ2n) is 5.95. The number of ether oxygens (including phenoxy) is 2. The Morgan fingerprint density at radius 3 is 2.65 bits per heavy atom. The van der Waals surface area contributed by atoms with Crippen LogP contribution in [0.5, 0.6) is 0 Å². The normalized spacial score (nSPS) is 22.8. The maximum absolute atomic E-state index is 12.3. The quantitative estimate of drug-likeness (QED) is 0.859. The third-order valence-electron chi connectivity index (χ3n) is 4.51. The molecule has 1 aromatic rings. The summed E-state index contributed by atoms with van der Waals surface area (Å²) in [5.74, 6) is 0.323. The highest BCUT2D eigenvalue weighted by Crippen LogP contribution is 2.32. The highest BCUT2D eigenvalue weighted by Gasteiger charge is 2.45. The van der Waals surface area contributed by atoms with Crippen molar-refractivity contribution in [3.05, 3.63) is 35.9 Å². The van der Waals surface area contributed by atoms with Gasteiger partial charge in [0.1, 0.15) is 6.61 Å². The first-order valence-electron chi connectivity index (χ1n) is 8.08. The Bertz CT molecular complexity index is 563. The van der Waals surface area contributed by atoms with Gasteiger partial charge in [0.15, 0.2) is 0 Å². The van der Waals surface area contributed by atoms with Gasteiger partial charge in [-0.1, -0.05) is 30.3 Å². The van der Waals surface area contributed by atoms with Crippen LogP contribution in [0.4, 0.5) is 9.59 Å². The molecular formula is C17H22N2O4. The van der Waals surface area contributed by atoms with Gasteiger partial charge in [-0.3, -0.25) is 0 Å². The number of rotatable bonds is 3. The topological polar surface area (TPSA) is 59.1 Å². The van der Waals surface area contributed by atoms with E-state index in [1.165, 1.54) is 0 Å². The number of benzene rings is 1. The molecule has 0 aliphatic carbocycles. The van der Waals surface area contributed by atoms with Crippen molar-refractivity contribution in [2.24, 2.45) is 5.92 Å². The van der Waals surface area contributed by atoms with E-state index in [-0.39, 0.29) is 24.8 Å². The molecule has 2 amide bonds. The molecule has 2 heterocycles. The Balaban J connectivity index is 1.54. The van der Waals surface area contributed by atoms with Gasteiger partial charge in [0.05, 0.1) is 12.6 Å². The zero-order valence-electron chi connectivity index (χ0n) is 13.3. The molecule has 2 fully saturated rings. The van der Waals surface area contributed by atoms with E-state index in [0.717, 1.165) is 12.0 Å². The molecule has 0 radical (unpaired) electrons. The molecule has 124 valence electrons. The number of hydrogen-bond acceptors (Lipinski definition) is 4. The van der Waals surface area contributed by atoms with Crippen LogP contribution in [-0.4, -0.2) is 54.3 Å². The minimum atomic E-state index is -0.299. The molecule has 0 saturated carbocycles. The van der Waals surface area contributed by atoms with E-state index in [4.69, 9.17) is 9.47 Å². The van der Waals surface area contributed by atoms with Gasteiger partial charge in [0.25, 0.3) is 0 Å². The van der Waals surface area contributed by atoms with Crippen LogP contribution in [0.1, 0.15) is 18.9 Å². The number of fused-ring (bicyclic) bond motifs is 1. The first-order valence-corrected chi connectivity index (χ1v) is 8.08. The molecule has 0 spiro atoms. The molecule has 0 bridgehead atoms. The zero-order valence-corrected chi connectivity index (χ0v) is 13.3. The zero-order chi connectivity index (χ0) is 16.2. The smallest absolute Gasteiger partial charge is 0.410 e. The standard InChI is InChI=1S/C17H22N2O4/c1-2-22-16(20)18-10-14-8-9-19(15(14)11-18)17(21)23-12-13-6-4-3-5-7-13/h3-7,14-15H,2,8-12H2,1H3/t14-,15+/m1/s1. The van der Waals surface area contributed by atoms with Gasteiger partial charge in [-0.15, -0.1) is 0 Å². The fraction of sp³-hybridized carbons (Fsp3) is 0.529. The Hall–Kier alpha value is -2.24. The van der Waals surface area contributed by atoms with E-state index >= 15 is 0 Å². The predicted octanol–water partition coefficient (Wildman–Crippen LogP) is 2.49.